The van der Waals surface area contributed by atoms with Crippen molar-refractivity contribution in [1.29, 1.82) is 0 Å². The van der Waals surface area contributed by atoms with Gasteiger partial charge in [-0.1, -0.05) is 0 Å². The molecule has 11 heavy (non-hydrogen) atoms. The van der Waals surface area contributed by atoms with E-state index < -0.39 is 0 Å². The van der Waals surface area contributed by atoms with Crippen molar-refractivity contribution in [2.45, 2.75) is 19.3 Å². The van der Waals surface area contributed by atoms with Crippen LogP contribution in [-0.4, -0.2) is 25.0 Å². The largest absolute Gasteiger partial charge is 0.469 e. The molecule has 1 heterocycles. The van der Waals surface area contributed by atoms with Crippen LogP contribution in [0.15, 0.2) is 10.2 Å². The highest BCUT2D eigenvalue weighted by molar-refractivity contribution is 6.00. The van der Waals surface area contributed by atoms with Crippen LogP contribution < -0.4 is 0 Å². The van der Waals surface area contributed by atoms with Gasteiger partial charge in [-0.05, 0) is 12.8 Å². The van der Waals surface area contributed by atoms with E-state index in [-0.39, 0.29) is 12.4 Å². The third-order valence-corrected chi connectivity index (χ3v) is 1.42. The van der Waals surface area contributed by atoms with Crippen molar-refractivity contribution in [2.75, 3.05) is 7.11 Å². The molecule has 0 amide bonds. The minimum Gasteiger partial charge on any atom is -0.469 e. The van der Waals surface area contributed by atoms with E-state index in [4.69, 9.17) is 0 Å². The van der Waals surface area contributed by atoms with Crippen molar-refractivity contribution in [1.82, 2.24) is 0 Å². The van der Waals surface area contributed by atoms with E-state index in [9.17, 15) is 4.79 Å². The van der Waals surface area contributed by atoms with Crippen molar-refractivity contribution >= 4 is 17.9 Å². The summed E-state index contributed by atoms with van der Waals surface area (Å²) < 4.78 is 4.48. The molecule has 0 radical (unpaired) electrons. The summed E-state index contributed by atoms with van der Waals surface area (Å²) in [5.74, 6) is -0.249. The summed E-state index contributed by atoms with van der Waals surface area (Å²) in [6.07, 6.45) is 3.70. The predicted octanol–water partition coefficient (Wildman–Crippen LogP) is 0.770. The molecule has 0 spiro atoms. The zero-order valence-corrected chi connectivity index (χ0v) is 6.41. The van der Waals surface area contributed by atoms with Crippen LogP contribution >= 0.6 is 0 Å². The number of esters is 1. The van der Waals surface area contributed by atoms with Gasteiger partial charge < -0.3 is 4.74 Å². The fraction of sp³-hybridized carbons (Fsp3) is 0.571. The maximum absolute atomic E-state index is 10.7. The Labute approximate surface area is 65.0 Å². The van der Waals surface area contributed by atoms with Crippen LogP contribution in [0.25, 0.3) is 0 Å². The van der Waals surface area contributed by atoms with E-state index in [0.717, 1.165) is 18.6 Å². The molecule has 0 aliphatic carbocycles. The molecule has 1 aliphatic heterocycles. The predicted molar refractivity (Wildman–Crippen MR) is 41.8 cm³/mol. The summed E-state index contributed by atoms with van der Waals surface area (Å²) in [5, 5.41) is 7.50. The Hall–Kier alpha value is -1.19. The van der Waals surface area contributed by atoms with E-state index in [1.807, 2.05) is 0 Å². The van der Waals surface area contributed by atoms with Crippen LogP contribution in [-0.2, 0) is 9.53 Å². The van der Waals surface area contributed by atoms with E-state index >= 15 is 0 Å². The molecule has 0 N–H and O–H groups in total. The van der Waals surface area contributed by atoms with Crippen LogP contribution in [0.1, 0.15) is 19.3 Å². The Morgan fingerprint density at radius 1 is 1.82 bits per heavy atom. The minimum atomic E-state index is -0.249. The number of hydrogen-bond donors (Lipinski definition) is 0. The number of carbonyl (C=O) groups is 1. The normalized spacial score (nSPS) is 15.9. The average Bonchev–Trinajstić information content (AvgIpc) is 2.06. The van der Waals surface area contributed by atoms with Crippen LogP contribution in [0, 0.1) is 0 Å². The fourth-order valence-corrected chi connectivity index (χ4v) is 0.824. The van der Waals surface area contributed by atoms with E-state index in [1.165, 1.54) is 7.11 Å². The molecule has 4 nitrogen and oxygen atoms in total. The zero-order chi connectivity index (χ0) is 8.10. The van der Waals surface area contributed by atoms with Gasteiger partial charge in [0.25, 0.3) is 0 Å². The first-order valence-electron chi connectivity index (χ1n) is 3.47. The molecule has 1 rings (SSSR count). The lowest BCUT2D eigenvalue weighted by molar-refractivity contribution is -0.139. The highest BCUT2D eigenvalue weighted by Gasteiger charge is 2.08. The van der Waals surface area contributed by atoms with Crippen molar-refractivity contribution in [3.63, 3.8) is 0 Å². The van der Waals surface area contributed by atoms with Crippen molar-refractivity contribution in [3.05, 3.63) is 0 Å². The molecule has 0 fully saturated rings. The summed E-state index contributed by atoms with van der Waals surface area (Å²) in [4.78, 5) is 10.7. The topological polar surface area (TPSA) is 51.0 Å². The zero-order valence-electron chi connectivity index (χ0n) is 6.41. The lowest BCUT2D eigenvalue weighted by Crippen LogP contribution is -2.10. The van der Waals surface area contributed by atoms with Gasteiger partial charge in [0.15, 0.2) is 0 Å². The van der Waals surface area contributed by atoms with Gasteiger partial charge in [-0.15, -0.1) is 0 Å². The second-order valence-electron chi connectivity index (χ2n) is 2.26. The molecule has 0 aromatic carbocycles. The van der Waals surface area contributed by atoms with Gasteiger partial charge in [0.05, 0.1) is 19.2 Å². The van der Waals surface area contributed by atoms with Gasteiger partial charge in [0.2, 0.25) is 0 Å². The molecule has 0 saturated heterocycles. The Bertz CT molecular complexity index is 208. The first kappa shape index (κ1) is 7.91. The van der Waals surface area contributed by atoms with E-state index in [0.29, 0.717) is 0 Å². The number of ether oxygens (including phenoxy) is 1. The monoisotopic (exact) mass is 154 g/mol. The standard InChI is InChI=1S/C7H10N2O2/c1-11-7(10)5-6-3-2-4-8-9-6/h4H,2-3,5H2,1H3. The van der Waals surface area contributed by atoms with Gasteiger partial charge >= 0.3 is 5.97 Å². The second kappa shape index (κ2) is 3.85. The lowest BCUT2D eigenvalue weighted by Gasteiger charge is -2.03. The van der Waals surface area contributed by atoms with E-state index in [1.54, 1.807) is 6.21 Å². The number of nitrogens with zero attached hydrogens (tertiary/aromatic N) is 2. The molecule has 1 aliphatic rings. The molecule has 60 valence electrons. The molecule has 0 bridgehead atoms. The molecule has 0 aromatic rings. The Morgan fingerprint density at radius 2 is 2.64 bits per heavy atom. The van der Waals surface area contributed by atoms with Crippen molar-refractivity contribution in [2.24, 2.45) is 10.2 Å². The van der Waals surface area contributed by atoms with Crippen LogP contribution in [0.3, 0.4) is 0 Å². The first-order valence-corrected chi connectivity index (χ1v) is 3.47. The number of rotatable bonds is 2. The van der Waals surface area contributed by atoms with Gasteiger partial charge in [0.1, 0.15) is 0 Å². The molecular formula is C7H10N2O2. The van der Waals surface area contributed by atoms with Crippen LogP contribution in [0.2, 0.25) is 0 Å². The van der Waals surface area contributed by atoms with Crippen molar-refractivity contribution < 1.29 is 9.53 Å². The van der Waals surface area contributed by atoms with Gasteiger partial charge in [0, 0.05) is 6.21 Å². The minimum absolute atomic E-state index is 0.249. The Kier molecular flexibility index (Phi) is 2.77. The number of methoxy groups -OCH3 is 1. The second-order valence-corrected chi connectivity index (χ2v) is 2.26. The Morgan fingerprint density at radius 3 is 3.18 bits per heavy atom. The van der Waals surface area contributed by atoms with Gasteiger partial charge in [-0.25, -0.2) is 0 Å². The quantitative estimate of drug-likeness (QED) is 0.551. The Balaban J connectivity index is 2.42. The first-order chi connectivity index (χ1) is 5.33. The number of hydrogen-bond acceptors (Lipinski definition) is 4. The molecular weight excluding hydrogens is 144 g/mol. The molecule has 0 aromatic heterocycles. The summed E-state index contributed by atoms with van der Waals surface area (Å²) in [7, 11) is 1.37. The highest BCUT2D eigenvalue weighted by atomic mass is 16.5. The SMILES string of the molecule is COC(=O)CC1=NN=CCC1. The number of carbonyl (C=O) groups excluding carboxylic acids is 1. The molecule has 0 atom stereocenters. The maximum Gasteiger partial charge on any atom is 0.311 e. The maximum atomic E-state index is 10.7. The lowest BCUT2D eigenvalue weighted by atomic mass is 10.1. The summed E-state index contributed by atoms with van der Waals surface area (Å²) in [6, 6.07) is 0. The molecule has 0 unspecified atom stereocenters. The van der Waals surface area contributed by atoms with Gasteiger partial charge in [-0.2, -0.15) is 10.2 Å². The summed E-state index contributed by atoms with van der Waals surface area (Å²) in [5.41, 5.74) is 0.805. The summed E-state index contributed by atoms with van der Waals surface area (Å²) in [6.45, 7) is 0. The smallest absolute Gasteiger partial charge is 0.311 e. The summed E-state index contributed by atoms with van der Waals surface area (Å²) >= 11 is 0. The van der Waals surface area contributed by atoms with Gasteiger partial charge in [-0.3, -0.25) is 4.79 Å². The molecule has 0 saturated carbocycles. The van der Waals surface area contributed by atoms with Crippen LogP contribution in [0.4, 0.5) is 0 Å². The fourth-order valence-electron chi connectivity index (χ4n) is 0.824. The average molecular weight is 154 g/mol. The van der Waals surface area contributed by atoms with Crippen molar-refractivity contribution in [3.8, 4) is 0 Å². The van der Waals surface area contributed by atoms with Crippen LogP contribution in [0.5, 0.6) is 0 Å². The third-order valence-electron chi connectivity index (χ3n) is 1.42. The highest BCUT2D eigenvalue weighted by Crippen LogP contribution is 2.02. The third kappa shape index (κ3) is 2.49. The van der Waals surface area contributed by atoms with E-state index in [2.05, 4.69) is 14.9 Å². The molecule has 4 heteroatoms.